The number of aliphatic carboxylic acids is 1. The van der Waals surface area contributed by atoms with E-state index in [-0.39, 0.29) is 49.8 Å². The molecule has 0 saturated heterocycles. The molecule has 0 heterocycles. The molecule has 0 aromatic carbocycles. The molecule has 0 aromatic heterocycles. The van der Waals surface area contributed by atoms with Crippen LogP contribution in [0.5, 0.6) is 0 Å². The molecule has 0 spiro atoms. The summed E-state index contributed by atoms with van der Waals surface area (Å²) in [5, 5.41) is 14.5. The van der Waals surface area contributed by atoms with Crippen LogP contribution in [-0.4, -0.2) is 29.9 Å². The van der Waals surface area contributed by atoms with Crippen LogP contribution in [0.1, 0.15) is 92.3 Å². The molecule has 0 bridgehead atoms. The molecular formula is C18H36NNaO4. The normalized spacial score (nSPS) is 9.25. The van der Waals surface area contributed by atoms with Gasteiger partial charge in [-0.3, -0.25) is 9.59 Å². The first-order chi connectivity index (χ1) is 11.1. The van der Waals surface area contributed by atoms with Gasteiger partial charge in [0.2, 0.25) is 0 Å². The second-order valence-electron chi connectivity index (χ2n) is 5.56. The monoisotopic (exact) mass is 353 g/mol. The quantitative estimate of drug-likeness (QED) is 0.217. The smallest absolute Gasteiger partial charge is 1.00 e. The predicted molar refractivity (Wildman–Crippen MR) is 95.2 cm³/mol. The number of nitrogens with one attached hydrogen (secondary N) is 1. The van der Waals surface area contributed by atoms with Crippen molar-refractivity contribution in [3.05, 3.63) is 0 Å². The molecule has 5 nitrogen and oxygen atoms in total. The zero-order valence-corrected chi connectivity index (χ0v) is 17.9. The van der Waals surface area contributed by atoms with Gasteiger partial charge in [0.05, 0.1) is 13.0 Å². The molecule has 0 rings (SSSR count). The van der Waals surface area contributed by atoms with Gasteiger partial charge in [-0.25, -0.2) is 0 Å². The maximum atomic E-state index is 10.9. The predicted octanol–water partition coefficient (Wildman–Crippen LogP) is 2.09. The van der Waals surface area contributed by atoms with Gasteiger partial charge < -0.3 is 16.7 Å². The van der Waals surface area contributed by atoms with Crippen LogP contribution in [0.25, 0.3) is 0 Å². The Morgan fingerprint density at radius 1 is 0.958 bits per heavy atom. The van der Waals surface area contributed by atoms with Crippen LogP contribution in [0.2, 0.25) is 0 Å². The number of carboxylic acids is 1. The van der Waals surface area contributed by atoms with Gasteiger partial charge in [-0.2, -0.15) is 0 Å². The second kappa shape index (κ2) is 24.9. The van der Waals surface area contributed by atoms with Crippen LogP contribution in [-0.2, 0) is 14.3 Å². The van der Waals surface area contributed by atoms with Gasteiger partial charge in [0.15, 0.2) is 0 Å². The molecule has 0 aliphatic heterocycles. The van der Waals surface area contributed by atoms with E-state index in [1.165, 1.54) is 51.4 Å². The third-order valence-corrected chi connectivity index (χ3v) is 3.33. The second-order valence-corrected chi connectivity index (χ2v) is 5.56. The number of ether oxygens (including phenoxy) is 1. The Balaban J connectivity index is -0.000000276. The van der Waals surface area contributed by atoms with Crippen LogP contribution < -0.4 is 29.6 Å². The van der Waals surface area contributed by atoms with E-state index in [2.05, 4.69) is 6.92 Å². The summed E-state index contributed by atoms with van der Waals surface area (Å²) in [7, 11) is 0. The molecule has 0 aliphatic carbocycles. The van der Waals surface area contributed by atoms with E-state index in [0.717, 1.165) is 19.1 Å². The molecule has 2 N–H and O–H groups in total. The van der Waals surface area contributed by atoms with Gasteiger partial charge in [-0.15, -0.1) is 0 Å². The van der Waals surface area contributed by atoms with E-state index in [0.29, 0.717) is 6.61 Å². The number of hydrogen-bond acceptors (Lipinski definition) is 4. The van der Waals surface area contributed by atoms with Crippen LogP contribution in [0.4, 0.5) is 0 Å². The summed E-state index contributed by atoms with van der Waals surface area (Å²) < 4.78 is 4.96. The van der Waals surface area contributed by atoms with E-state index in [1.807, 2.05) is 0 Å². The van der Waals surface area contributed by atoms with E-state index >= 15 is 0 Å². The number of rotatable bonds is 14. The summed E-state index contributed by atoms with van der Waals surface area (Å²) in [6.07, 6.45) is 14.2. The third-order valence-electron chi connectivity index (χ3n) is 3.33. The minimum absolute atomic E-state index is 0. The van der Waals surface area contributed by atoms with Crippen molar-refractivity contribution in [1.29, 1.82) is 5.41 Å². The molecule has 0 aromatic rings. The molecular weight excluding hydrogens is 317 g/mol. The number of unbranched alkanes of at least 4 members (excludes halogenated alkanes) is 9. The Morgan fingerprint density at radius 2 is 1.38 bits per heavy atom. The molecule has 0 aliphatic rings. The van der Waals surface area contributed by atoms with Crippen LogP contribution in [0.15, 0.2) is 0 Å². The zero-order valence-electron chi connectivity index (χ0n) is 16.9. The summed E-state index contributed by atoms with van der Waals surface area (Å²) in [4.78, 5) is 20.3. The SMILES string of the molecule is CCC(=O)O.CCCCCCCCCCCCOC(=O)CC=N.[H-].[Na+]. The minimum Gasteiger partial charge on any atom is -1.00 e. The first-order valence-corrected chi connectivity index (χ1v) is 8.94. The van der Waals surface area contributed by atoms with Crippen molar-refractivity contribution >= 4 is 18.2 Å². The molecule has 0 amide bonds. The largest absolute Gasteiger partial charge is 1.00 e. The van der Waals surface area contributed by atoms with Gasteiger partial charge >= 0.3 is 41.5 Å². The number of esters is 1. The first kappa shape index (κ1) is 28.4. The fraction of sp³-hybridized carbons (Fsp3) is 0.833. The topological polar surface area (TPSA) is 87.5 Å². The Bertz CT molecular complexity index is 305. The van der Waals surface area contributed by atoms with Crippen molar-refractivity contribution in [2.45, 2.75) is 90.9 Å². The van der Waals surface area contributed by atoms with E-state index < -0.39 is 5.97 Å². The van der Waals surface area contributed by atoms with Crippen molar-refractivity contribution in [2.75, 3.05) is 6.61 Å². The molecule has 0 unspecified atom stereocenters. The third kappa shape index (κ3) is 29.6. The van der Waals surface area contributed by atoms with Crippen molar-refractivity contribution < 1.29 is 50.4 Å². The molecule has 0 atom stereocenters. The van der Waals surface area contributed by atoms with Crippen LogP contribution in [0, 0.1) is 5.41 Å². The van der Waals surface area contributed by atoms with Crippen LogP contribution in [0.3, 0.4) is 0 Å². The Labute approximate surface area is 171 Å². The Hall–Kier alpha value is -0.390. The summed E-state index contributed by atoms with van der Waals surface area (Å²) in [5.74, 6) is -1.02. The minimum atomic E-state index is -0.745. The van der Waals surface area contributed by atoms with Crippen molar-refractivity contribution in [2.24, 2.45) is 0 Å². The average Bonchev–Trinajstić information content (AvgIpc) is 2.53. The Kier molecular flexibility index (Phi) is 29.4. The van der Waals surface area contributed by atoms with E-state index in [9.17, 15) is 9.59 Å². The molecule has 24 heavy (non-hydrogen) atoms. The number of carboxylic acid groups (broad SMARTS) is 1. The number of carbonyl (C=O) groups excluding carboxylic acids is 1. The van der Waals surface area contributed by atoms with Crippen molar-refractivity contribution in [1.82, 2.24) is 0 Å². The van der Waals surface area contributed by atoms with Gasteiger partial charge in [0, 0.05) is 12.6 Å². The number of hydrogen-bond donors (Lipinski definition) is 2. The summed E-state index contributed by atoms with van der Waals surface area (Å²) in [6, 6.07) is 0. The van der Waals surface area contributed by atoms with Gasteiger partial charge in [-0.1, -0.05) is 71.6 Å². The zero-order chi connectivity index (χ0) is 17.8. The molecule has 0 radical (unpaired) electrons. The molecule has 6 heteroatoms. The maximum absolute atomic E-state index is 10.9. The summed E-state index contributed by atoms with van der Waals surface area (Å²) >= 11 is 0. The summed E-state index contributed by atoms with van der Waals surface area (Å²) in [5.41, 5.74) is 0. The van der Waals surface area contributed by atoms with Gasteiger partial charge in [0.25, 0.3) is 0 Å². The summed E-state index contributed by atoms with van der Waals surface area (Å²) in [6.45, 7) is 4.36. The number of carbonyl (C=O) groups is 2. The van der Waals surface area contributed by atoms with Crippen LogP contribution >= 0.6 is 0 Å². The van der Waals surface area contributed by atoms with Gasteiger partial charge in [0.1, 0.15) is 0 Å². The van der Waals surface area contributed by atoms with Crippen molar-refractivity contribution in [3.63, 3.8) is 0 Å². The maximum Gasteiger partial charge on any atom is 1.00 e. The van der Waals surface area contributed by atoms with Crippen molar-refractivity contribution in [3.8, 4) is 0 Å². The molecule has 138 valence electrons. The van der Waals surface area contributed by atoms with E-state index in [1.54, 1.807) is 6.92 Å². The fourth-order valence-corrected chi connectivity index (χ4v) is 1.92. The Morgan fingerprint density at radius 3 is 1.75 bits per heavy atom. The first-order valence-electron chi connectivity index (χ1n) is 8.94. The fourth-order valence-electron chi connectivity index (χ4n) is 1.92. The standard InChI is InChI=1S/C15H29NO2.C3H6O2.Na.H/c1-2-3-4-5-6-7-8-9-10-11-14-18-15(17)12-13-16;1-2-3(4)5;;/h13,16H,2-12,14H2,1H3;2H2,1H3,(H,4,5);;/q;;+1;-1. The van der Waals surface area contributed by atoms with E-state index in [4.69, 9.17) is 15.3 Å². The molecule has 0 saturated carbocycles. The average molecular weight is 353 g/mol. The van der Waals surface area contributed by atoms with Gasteiger partial charge in [-0.05, 0) is 6.42 Å². The molecule has 0 fully saturated rings.